The van der Waals surface area contributed by atoms with Gasteiger partial charge in [0.25, 0.3) is 6.43 Å². The second-order valence-electron chi connectivity index (χ2n) is 2.89. The van der Waals surface area contributed by atoms with Crippen LogP contribution in [-0.2, 0) is 0 Å². The zero-order chi connectivity index (χ0) is 11.6. The molecule has 15 heavy (non-hydrogen) atoms. The Morgan fingerprint density at radius 3 is 2.53 bits per heavy atom. The fourth-order valence-electron chi connectivity index (χ4n) is 1.20. The minimum absolute atomic E-state index is 0.0159. The van der Waals surface area contributed by atoms with Gasteiger partial charge in [0.2, 0.25) is 0 Å². The van der Waals surface area contributed by atoms with Gasteiger partial charge in [-0.25, -0.2) is 8.78 Å². The monoisotopic (exact) mass is 273 g/mol. The smallest absolute Gasteiger partial charge is 0.265 e. The Morgan fingerprint density at radius 2 is 2.13 bits per heavy atom. The van der Waals surface area contributed by atoms with Gasteiger partial charge >= 0.3 is 0 Å². The minimum atomic E-state index is -2.77. The maximum absolute atomic E-state index is 12.6. The molecule has 0 saturated heterocycles. The average Bonchev–Trinajstić information content (AvgIpc) is 2.16. The molecule has 0 radical (unpaired) electrons. The number of halogens is 3. The number of rotatable bonds is 2. The second-order valence-corrected chi connectivity index (χ2v) is 3.80. The molecule has 5 heteroatoms. The zero-order valence-corrected chi connectivity index (χ0v) is 9.31. The van der Waals surface area contributed by atoms with Crippen LogP contribution in [0.5, 0.6) is 0 Å². The van der Waals surface area contributed by atoms with Crippen LogP contribution in [-0.4, -0.2) is 5.78 Å². The SMILES string of the molecule is CC(=O)c1cc(Br)cc(C(F)F)c1C#N. The number of nitrogens with zero attached hydrogens (tertiary/aromatic N) is 1. The summed E-state index contributed by atoms with van der Waals surface area (Å²) < 4.78 is 25.5. The molecular formula is C10H6BrF2NO. The van der Waals surface area contributed by atoms with Gasteiger partial charge in [-0.2, -0.15) is 5.26 Å². The van der Waals surface area contributed by atoms with E-state index in [-0.39, 0.29) is 11.1 Å². The third-order valence-corrected chi connectivity index (χ3v) is 2.32. The highest BCUT2D eigenvalue weighted by molar-refractivity contribution is 9.10. The van der Waals surface area contributed by atoms with Gasteiger partial charge in [-0.05, 0) is 19.1 Å². The highest BCUT2D eigenvalue weighted by atomic mass is 79.9. The fraction of sp³-hybridized carbons (Fsp3) is 0.200. The van der Waals surface area contributed by atoms with Crippen LogP contribution in [0.25, 0.3) is 0 Å². The Labute approximate surface area is 93.6 Å². The molecule has 0 unspecified atom stereocenters. The molecule has 1 aromatic carbocycles. The largest absolute Gasteiger partial charge is 0.294 e. The summed E-state index contributed by atoms with van der Waals surface area (Å²) in [5.74, 6) is -0.408. The van der Waals surface area contributed by atoms with E-state index in [2.05, 4.69) is 15.9 Å². The van der Waals surface area contributed by atoms with Crippen molar-refractivity contribution in [1.29, 1.82) is 5.26 Å². The van der Waals surface area contributed by atoms with E-state index >= 15 is 0 Å². The van der Waals surface area contributed by atoms with E-state index in [0.29, 0.717) is 4.47 Å². The number of ketones is 1. The molecular weight excluding hydrogens is 268 g/mol. The standard InChI is InChI=1S/C10H6BrF2NO/c1-5(15)7-2-6(11)3-8(10(12)13)9(7)4-14/h2-3,10H,1H3. The lowest BCUT2D eigenvalue weighted by Crippen LogP contribution is -2.02. The van der Waals surface area contributed by atoms with Crippen LogP contribution in [0, 0.1) is 11.3 Å². The Hall–Kier alpha value is -1.28. The van der Waals surface area contributed by atoms with Crippen molar-refractivity contribution in [3.8, 4) is 6.07 Å². The molecule has 0 aliphatic heterocycles. The molecule has 0 amide bonds. The van der Waals surface area contributed by atoms with Gasteiger partial charge in [-0.1, -0.05) is 15.9 Å². The fourth-order valence-corrected chi connectivity index (χ4v) is 1.68. The molecule has 0 saturated carbocycles. The summed E-state index contributed by atoms with van der Waals surface area (Å²) in [4.78, 5) is 11.1. The number of hydrogen-bond acceptors (Lipinski definition) is 2. The second kappa shape index (κ2) is 4.49. The lowest BCUT2D eigenvalue weighted by Gasteiger charge is -2.07. The van der Waals surface area contributed by atoms with E-state index in [9.17, 15) is 13.6 Å². The highest BCUT2D eigenvalue weighted by Gasteiger charge is 2.19. The van der Waals surface area contributed by atoms with Gasteiger partial charge in [-0.15, -0.1) is 0 Å². The Kier molecular flexibility index (Phi) is 3.53. The number of alkyl halides is 2. The maximum atomic E-state index is 12.6. The molecule has 0 aliphatic rings. The molecule has 0 atom stereocenters. The first-order valence-electron chi connectivity index (χ1n) is 4.00. The van der Waals surface area contributed by atoms with Gasteiger partial charge < -0.3 is 0 Å². The van der Waals surface area contributed by atoms with E-state index in [0.717, 1.165) is 6.07 Å². The molecule has 0 N–H and O–H groups in total. The first-order chi connectivity index (χ1) is 6.97. The number of nitriles is 1. The predicted octanol–water partition coefficient (Wildman–Crippen LogP) is 3.46. The van der Waals surface area contributed by atoms with E-state index in [4.69, 9.17) is 5.26 Å². The molecule has 0 spiro atoms. The molecule has 1 aromatic rings. The van der Waals surface area contributed by atoms with Crippen molar-refractivity contribution in [1.82, 2.24) is 0 Å². The van der Waals surface area contributed by atoms with Crippen molar-refractivity contribution >= 4 is 21.7 Å². The van der Waals surface area contributed by atoms with E-state index in [1.54, 1.807) is 6.07 Å². The van der Waals surface area contributed by atoms with Gasteiger partial charge in [-0.3, -0.25) is 4.79 Å². The molecule has 0 aliphatic carbocycles. The summed E-state index contributed by atoms with van der Waals surface area (Å²) in [6.45, 7) is 1.23. The highest BCUT2D eigenvalue weighted by Crippen LogP contribution is 2.29. The van der Waals surface area contributed by atoms with Crippen LogP contribution >= 0.6 is 15.9 Å². The van der Waals surface area contributed by atoms with Crippen molar-refractivity contribution in [2.75, 3.05) is 0 Å². The summed E-state index contributed by atoms with van der Waals surface area (Å²) in [7, 11) is 0. The summed E-state index contributed by atoms with van der Waals surface area (Å²) in [5, 5.41) is 8.74. The van der Waals surface area contributed by atoms with Crippen molar-refractivity contribution in [3.63, 3.8) is 0 Å². The molecule has 1 rings (SSSR count). The first kappa shape index (κ1) is 11.8. The molecule has 0 fully saturated rings. The Balaban J connectivity index is 3.54. The summed E-state index contributed by atoms with van der Waals surface area (Å²) in [6.07, 6.45) is -2.77. The van der Waals surface area contributed by atoms with Crippen molar-refractivity contribution in [2.45, 2.75) is 13.3 Å². The van der Waals surface area contributed by atoms with Crippen LogP contribution < -0.4 is 0 Å². The van der Waals surface area contributed by atoms with E-state index < -0.39 is 17.8 Å². The number of carbonyl (C=O) groups is 1. The van der Waals surface area contributed by atoms with Gasteiger partial charge in [0.15, 0.2) is 5.78 Å². The minimum Gasteiger partial charge on any atom is -0.294 e. The number of Topliss-reactive ketones (excluding diaryl/α,β-unsaturated/α-hetero) is 1. The normalized spacial score (nSPS) is 10.1. The van der Waals surface area contributed by atoms with Crippen LogP contribution in [0.3, 0.4) is 0 Å². The topological polar surface area (TPSA) is 40.9 Å². The molecule has 0 heterocycles. The Bertz CT molecular complexity index is 451. The molecule has 2 nitrogen and oxygen atoms in total. The first-order valence-corrected chi connectivity index (χ1v) is 4.79. The lowest BCUT2D eigenvalue weighted by molar-refractivity contribution is 0.101. The summed E-state index contributed by atoms with van der Waals surface area (Å²) >= 11 is 3.02. The summed E-state index contributed by atoms with van der Waals surface area (Å²) in [5.41, 5.74) is -0.653. The van der Waals surface area contributed by atoms with Crippen LogP contribution in [0.15, 0.2) is 16.6 Å². The van der Waals surface area contributed by atoms with Crippen molar-refractivity contribution < 1.29 is 13.6 Å². The van der Waals surface area contributed by atoms with Crippen LogP contribution in [0.2, 0.25) is 0 Å². The summed E-state index contributed by atoms with van der Waals surface area (Å²) in [6, 6.07) is 4.15. The molecule has 0 bridgehead atoms. The average molecular weight is 274 g/mol. The van der Waals surface area contributed by atoms with Crippen molar-refractivity contribution in [2.24, 2.45) is 0 Å². The van der Waals surface area contributed by atoms with Gasteiger partial charge in [0.05, 0.1) is 5.56 Å². The van der Waals surface area contributed by atoms with Crippen LogP contribution in [0.4, 0.5) is 8.78 Å². The number of hydrogen-bond donors (Lipinski definition) is 0. The molecule has 0 aromatic heterocycles. The third kappa shape index (κ3) is 2.39. The molecule has 78 valence electrons. The van der Waals surface area contributed by atoms with E-state index in [1.165, 1.54) is 13.0 Å². The van der Waals surface area contributed by atoms with Crippen molar-refractivity contribution in [3.05, 3.63) is 33.3 Å². The quantitative estimate of drug-likeness (QED) is 0.775. The number of benzene rings is 1. The zero-order valence-electron chi connectivity index (χ0n) is 7.72. The van der Waals surface area contributed by atoms with Crippen LogP contribution in [0.1, 0.15) is 34.8 Å². The number of carbonyl (C=O) groups excluding carboxylic acids is 1. The third-order valence-electron chi connectivity index (χ3n) is 1.86. The van der Waals surface area contributed by atoms with Gasteiger partial charge in [0, 0.05) is 15.6 Å². The van der Waals surface area contributed by atoms with E-state index in [1.807, 2.05) is 0 Å². The maximum Gasteiger partial charge on any atom is 0.265 e. The van der Waals surface area contributed by atoms with Gasteiger partial charge in [0.1, 0.15) is 6.07 Å². The lowest BCUT2D eigenvalue weighted by atomic mass is 10.00. The Morgan fingerprint density at radius 1 is 1.53 bits per heavy atom. The predicted molar refractivity (Wildman–Crippen MR) is 53.8 cm³/mol.